The second kappa shape index (κ2) is 10.8. The Kier molecular flexibility index (Phi) is 8.10. The van der Waals surface area contributed by atoms with Crippen LogP contribution < -0.4 is 4.74 Å². The normalized spacial score (nSPS) is 17.9. The van der Waals surface area contributed by atoms with Crippen LogP contribution >= 0.6 is 15.9 Å². The number of aliphatic hydroxyl groups is 1. The van der Waals surface area contributed by atoms with E-state index in [1.807, 2.05) is 50.2 Å². The summed E-state index contributed by atoms with van der Waals surface area (Å²) in [7, 11) is 3.93. The Hall–Kier alpha value is -2.64. The highest BCUT2D eigenvalue weighted by Gasteiger charge is 2.45. The van der Waals surface area contributed by atoms with E-state index in [4.69, 9.17) is 4.74 Å². The molecule has 0 saturated carbocycles. The standard InChI is InChI=1S/C25H29BrN2O4/c1-4-15-32-20-8-5-7-18(16-20)23(29)21-22(17-9-11-19(26)12-10-17)28(25(31)24(21)30)14-6-13-27(2)3/h5,7-12,16,22,29H,4,6,13-15H2,1-3H3/b23-21+. The number of amides is 1. The molecule has 1 unspecified atom stereocenters. The molecule has 1 aliphatic heterocycles. The van der Waals surface area contributed by atoms with Crippen molar-refractivity contribution in [1.82, 2.24) is 9.80 Å². The van der Waals surface area contributed by atoms with Gasteiger partial charge in [-0.3, -0.25) is 9.59 Å². The monoisotopic (exact) mass is 500 g/mol. The number of carbonyl (C=O) groups excluding carboxylic acids is 2. The number of hydrogen-bond acceptors (Lipinski definition) is 5. The molecular formula is C25H29BrN2O4. The Morgan fingerprint density at radius 3 is 2.53 bits per heavy atom. The number of ketones is 1. The Bertz CT molecular complexity index is 1000. The minimum atomic E-state index is -0.667. The number of carbonyl (C=O) groups is 2. The van der Waals surface area contributed by atoms with Crippen LogP contribution in [-0.2, 0) is 9.59 Å². The zero-order valence-electron chi connectivity index (χ0n) is 18.7. The lowest BCUT2D eigenvalue weighted by Crippen LogP contribution is -2.32. The van der Waals surface area contributed by atoms with Crippen molar-refractivity contribution in [3.8, 4) is 5.75 Å². The molecular weight excluding hydrogens is 472 g/mol. The summed E-state index contributed by atoms with van der Waals surface area (Å²) in [6.45, 7) is 3.77. The van der Waals surface area contributed by atoms with Crippen molar-refractivity contribution >= 4 is 33.4 Å². The van der Waals surface area contributed by atoms with Crippen molar-refractivity contribution in [3.05, 3.63) is 69.7 Å². The highest BCUT2D eigenvalue weighted by atomic mass is 79.9. The topological polar surface area (TPSA) is 70.1 Å². The predicted molar refractivity (Wildman–Crippen MR) is 129 cm³/mol. The van der Waals surface area contributed by atoms with E-state index in [1.54, 1.807) is 29.2 Å². The van der Waals surface area contributed by atoms with Crippen LogP contribution in [0.4, 0.5) is 0 Å². The fourth-order valence-corrected chi connectivity index (χ4v) is 4.03. The minimum absolute atomic E-state index is 0.106. The maximum Gasteiger partial charge on any atom is 0.295 e. The van der Waals surface area contributed by atoms with E-state index in [2.05, 4.69) is 15.9 Å². The predicted octanol–water partition coefficient (Wildman–Crippen LogP) is 4.61. The fraction of sp³-hybridized carbons (Fsp3) is 0.360. The third-order valence-electron chi connectivity index (χ3n) is 5.31. The summed E-state index contributed by atoms with van der Waals surface area (Å²) in [6, 6.07) is 13.8. The first-order valence-corrected chi connectivity index (χ1v) is 11.5. The Labute approximate surface area is 197 Å². The van der Waals surface area contributed by atoms with Gasteiger partial charge in [0.15, 0.2) is 0 Å². The van der Waals surface area contributed by atoms with Crippen LogP contribution in [0.25, 0.3) is 5.76 Å². The maximum absolute atomic E-state index is 13.1. The number of ether oxygens (including phenoxy) is 1. The molecule has 1 atom stereocenters. The zero-order chi connectivity index (χ0) is 23.3. The van der Waals surface area contributed by atoms with Gasteiger partial charge in [-0.25, -0.2) is 0 Å². The highest BCUT2D eigenvalue weighted by Crippen LogP contribution is 2.40. The Morgan fingerprint density at radius 1 is 1.16 bits per heavy atom. The van der Waals surface area contributed by atoms with Crippen molar-refractivity contribution < 1.29 is 19.4 Å². The Morgan fingerprint density at radius 2 is 1.88 bits per heavy atom. The van der Waals surface area contributed by atoms with Crippen LogP contribution in [-0.4, -0.2) is 60.4 Å². The molecule has 170 valence electrons. The number of hydrogen-bond donors (Lipinski definition) is 1. The summed E-state index contributed by atoms with van der Waals surface area (Å²) in [4.78, 5) is 29.6. The summed E-state index contributed by atoms with van der Waals surface area (Å²) in [5, 5.41) is 11.2. The molecule has 6 nitrogen and oxygen atoms in total. The minimum Gasteiger partial charge on any atom is -0.507 e. The van der Waals surface area contributed by atoms with E-state index in [0.29, 0.717) is 30.9 Å². The van der Waals surface area contributed by atoms with Crippen molar-refractivity contribution in [1.29, 1.82) is 0 Å². The summed E-state index contributed by atoms with van der Waals surface area (Å²) in [6.07, 6.45) is 1.57. The van der Waals surface area contributed by atoms with Gasteiger partial charge in [0.2, 0.25) is 0 Å². The fourth-order valence-electron chi connectivity index (χ4n) is 3.77. The van der Waals surface area contributed by atoms with Gasteiger partial charge < -0.3 is 19.6 Å². The number of Topliss-reactive ketones (excluding diaryl/α,β-unsaturated/α-hetero) is 1. The zero-order valence-corrected chi connectivity index (χ0v) is 20.3. The average Bonchev–Trinajstić information content (AvgIpc) is 3.02. The second-order valence-corrected chi connectivity index (χ2v) is 8.99. The molecule has 1 saturated heterocycles. The van der Waals surface area contributed by atoms with Gasteiger partial charge in [-0.1, -0.05) is 47.1 Å². The molecule has 0 radical (unpaired) electrons. The van der Waals surface area contributed by atoms with Crippen LogP contribution in [0.2, 0.25) is 0 Å². The molecule has 0 aromatic heterocycles. The van der Waals surface area contributed by atoms with E-state index in [0.717, 1.165) is 23.0 Å². The summed E-state index contributed by atoms with van der Waals surface area (Å²) in [5.41, 5.74) is 1.33. The highest BCUT2D eigenvalue weighted by molar-refractivity contribution is 9.10. The van der Waals surface area contributed by atoms with Gasteiger partial charge in [0.25, 0.3) is 11.7 Å². The van der Waals surface area contributed by atoms with Gasteiger partial charge in [-0.2, -0.15) is 0 Å². The molecule has 2 aromatic carbocycles. The summed E-state index contributed by atoms with van der Waals surface area (Å²) in [5.74, 6) is -0.832. The van der Waals surface area contributed by atoms with Crippen LogP contribution in [0.15, 0.2) is 58.6 Å². The molecule has 7 heteroatoms. The second-order valence-electron chi connectivity index (χ2n) is 8.08. The van der Waals surface area contributed by atoms with Crippen LogP contribution in [0, 0.1) is 0 Å². The summed E-state index contributed by atoms with van der Waals surface area (Å²) >= 11 is 3.43. The number of rotatable bonds is 9. The number of benzene rings is 2. The third kappa shape index (κ3) is 5.40. The van der Waals surface area contributed by atoms with Gasteiger partial charge in [0, 0.05) is 16.6 Å². The smallest absolute Gasteiger partial charge is 0.295 e. The van der Waals surface area contributed by atoms with Gasteiger partial charge in [0.05, 0.1) is 18.2 Å². The lowest BCUT2D eigenvalue weighted by atomic mass is 9.95. The first-order valence-electron chi connectivity index (χ1n) is 10.7. The van der Waals surface area contributed by atoms with E-state index in [9.17, 15) is 14.7 Å². The molecule has 0 spiro atoms. The van der Waals surface area contributed by atoms with Gasteiger partial charge in [-0.15, -0.1) is 0 Å². The van der Waals surface area contributed by atoms with Gasteiger partial charge >= 0.3 is 0 Å². The number of aliphatic hydroxyl groups excluding tert-OH is 1. The van der Waals surface area contributed by atoms with Crippen LogP contribution in [0.3, 0.4) is 0 Å². The quantitative estimate of drug-likeness (QED) is 0.309. The van der Waals surface area contributed by atoms with E-state index in [1.165, 1.54) is 0 Å². The number of halogens is 1. The van der Waals surface area contributed by atoms with Crippen molar-refractivity contribution in [2.75, 3.05) is 33.8 Å². The van der Waals surface area contributed by atoms with Gasteiger partial charge in [0.1, 0.15) is 11.5 Å². The molecule has 1 fully saturated rings. The van der Waals surface area contributed by atoms with Gasteiger partial charge in [-0.05, 0) is 63.3 Å². The van der Waals surface area contributed by atoms with E-state index in [-0.39, 0.29) is 11.3 Å². The van der Waals surface area contributed by atoms with Crippen molar-refractivity contribution in [2.24, 2.45) is 0 Å². The molecule has 1 amide bonds. The first-order chi connectivity index (χ1) is 15.3. The molecule has 3 rings (SSSR count). The van der Waals surface area contributed by atoms with Crippen LogP contribution in [0.1, 0.15) is 36.9 Å². The third-order valence-corrected chi connectivity index (χ3v) is 5.84. The molecule has 1 N–H and O–H groups in total. The average molecular weight is 501 g/mol. The summed E-state index contributed by atoms with van der Waals surface area (Å²) < 4.78 is 6.57. The van der Waals surface area contributed by atoms with Crippen molar-refractivity contribution in [2.45, 2.75) is 25.8 Å². The molecule has 0 bridgehead atoms. The van der Waals surface area contributed by atoms with Crippen LogP contribution in [0.5, 0.6) is 5.75 Å². The largest absolute Gasteiger partial charge is 0.507 e. The Balaban J connectivity index is 2.05. The lowest BCUT2D eigenvalue weighted by Gasteiger charge is -2.26. The molecule has 0 aliphatic carbocycles. The first kappa shape index (κ1) is 24.0. The molecule has 1 heterocycles. The van der Waals surface area contributed by atoms with Crippen molar-refractivity contribution in [3.63, 3.8) is 0 Å². The SMILES string of the molecule is CCCOc1cccc(/C(O)=C2\C(=O)C(=O)N(CCCN(C)C)C2c2ccc(Br)cc2)c1. The molecule has 1 aliphatic rings. The number of nitrogens with zero attached hydrogens (tertiary/aromatic N) is 2. The number of likely N-dealkylation sites (tertiary alicyclic amines) is 1. The van der Waals surface area contributed by atoms with E-state index < -0.39 is 17.7 Å². The molecule has 32 heavy (non-hydrogen) atoms. The lowest BCUT2D eigenvalue weighted by molar-refractivity contribution is -0.139. The maximum atomic E-state index is 13.1. The van der Waals surface area contributed by atoms with E-state index >= 15 is 0 Å². The molecule has 2 aromatic rings.